The Morgan fingerprint density at radius 1 is 1.13 bits per heavy atom. The van der Waals surface area contributed by atoms with Crippen molar-refractivity contribution < 1.29 is 19.5 Å². The number of aryl methyl sites for hydroxylation is 1. The molecule has 3 aliphatic rings. The number of amides is 3. The maximum atomic E-state index is 13.6. The lowest BCUT2D eigenvalue weighted by atomic mass is 9.76. The largest absolute Gasteiger partial charge is 0.392 e. The molecular weight excluding hydrogens is 418 g/mol. The number of fused-ring (bicyclic) bond motifs is 4. The summed E-state index contributed by atoms with van der Waals surface area (Å²) in [6, 6.07) is 11.8. The monoisotopic (exact) mass is 439 g/mol. The summed E-state index contributed by atoms with van der Waals surface area (Å²) >= 11 is 6.26. The number of carbonyl (C=O) groups is 3. The van der Waals surface area contributed by atoms with Crippen molar-refractivity contribution >= 4 is 35.0 Å². The summed E-state index contributed by atoms with van der Waals surface area (Å²) in [5.41, 5.74) is 1.39. The van der Waals surface area contributed by atoms with Crippen molar-refractivity contribution in [3.8, 4) is 0 Å². The van der Waals surface area contributed by atoms with Crippen LogP contribution in [0.25, 0.3) is 0 Å². The minimum atomic E-state index is -1.41. The highest BCUT2D eigenvalue weighted by Crippen LogP contribution is 2.54. The second-order valence-corrected chi connectivity index (χ2v) is 8.94. The number of aliphatic hydroxyl groups is 1. The van der Waals surface area contributed by atoms with Crippen molar-refractivity contribution in [1.82, 2.24) is 10.2 Å². The number of hydrogen-bond acceptors (Lipinski definition) is 5. The molecule has 0 aromatic heterocycles. The Morgan fingerprint density at radius 3 is 2.58 bits per heavy atom. The van der Waals surface area contributed by atoms with E-state index in [2.05, 4.69) is 10.6 Å². The molecular formula is C23H22ClN3O4. The first kappa shape index (κ1) is 20.2. The third-order valence-electron chi connectivity index (χ3n) is 6.79. The molecule has 0 bridgehead atoms. The van der Waals surface area contributed by atoms with E-state index in [1.807, 2.05) is 19.1 Å². The number of anilines is 1. The average molecular weight is 440 g/mol. The van der Waals surface area contributed by atoms with Gasteiger partial charge in [0.1, 0.15) is 5.54 Å². The zero-order chi connectivity index (χ0) is 22.1. The summed E-state index contributed by atoms with van der Waals surface area (Å²) in [6.07, 6.45) is -0.939. The van der Waals surface area contributed by atoms with E-state index < -0.39 is 41.3 Å². The third-order valence-corrected chi connectivity index (χ3v) is 7.16. The van der Waals surface area contributed by atoms with Gasteiger partial charge in [-0.1, -0.05) is 48.0 Å². The van der Waals surface area contributed by atoms with Crippen molar-refractivity contribution in [3.63, 3.8) is 0 Å². The number of benzene rings is 2. The van der Waals surface area contributed by atoms with Crippen LogP contribution in [0, 0.1) is 18.8 Å². The predicted octanol–water partition coefficient (Wildman–Crippen LogP) is 1.95. The molecule has 2 aromatic carbocycles. The van der Waals surface area contributed by atoms with E-state index in [1.54, 1.807) is 37.3 Å². The van der Waals surface area contributed by atoms with Gasteiger partial charge >= 0.3 is 0 Å². The molecule has 3 heterocycles. The number of imide groups is 1. The van der Waals surface area contributed by atoms with Crippen LogP contribution < -0.4 is 10.6 Å². The number of nitrogens with zero attached hydrogens (tertiary/aromatic N) is 1. The number of para-hydroxylation sites is 1. The van der Waals surface area contributed by atoms with Crippen molar-refractivity contribution in [2.24, 2.45) is 11.8 Å². The van der Waals surface area contributed by atoms with Gasteiger partial charge in [-0.25, -0.2) is 0 Å². The van der Waals surface area contributed by atoms with Crippen LogP contribution in [-0.2, 0) is 26.5 Å². The summed E-state index contributed by atoms with van der Waals surface area (Å²) in [5.74, 6) is -3.03. The molecule has 0 saturated carbocycles. The zero-order valence-corrected chi connectivity index (χ0v) is 17.8. The molecule has 31 heavy (non-hydrogen) atoms. The molecule has 7 nitrogen and oxygen atoms in total. The Morgan fingerprint density at radius 2 is 1.87 bits per heavy atom. The van der Waals surface area contributed by atoms with Crippen molar-refractivity contribution in [2.75, 3.05) is 5.32 Å². The lowest BCUT2D eigenvalue weighted by molar-refractivity contribution is -0.143. The van der Waals surface area contributed by atoms with Crippen LogP contribution in [0.3, 0.4) is 0 Å². The van der Waals surface area contributed by atoms with E-state index in [0.29, 0.717) is 21.8 Å². The zero-order valence-electron chi connectivity index (χ0n) is 17.1. The second kappa shape index (κ2) is 6.88. The highest BCUT2D eigenvalue weighted by Gasteiger charge is 2.71. The number of halogens is 1. The average Bonchev–Trinajstić information content (AvgIpc) is 3.32. The first-order chi connectivity index (χ1) is 14.8. The Hall–Kier alpha value is -2.74. The molecule has 3 unspecified atom stereocenters. The molecule has 2 saturated heterocycles. The van der Waals surface area contributed by atoms with Gasteiger partial charge in [0.25, 0.3) is 0 Å². The van der Waals surface area contributed by atoms with Crippen LogP contribution in [0.5, 0.6) is 0 Å². The smallest absolute Gasteiger partial charge is 0.250 e. The maximum absolute atomic E-state index is 13.6. The highest BCUT2D eigenvalue weighted by molar-refractivity contribution is 6.31. The molecule has 2 fully saturated rings. The van der Waals surface area contributed by atoms with Gasteiger partial charge in [0.2, 0.25) is 17.7 Å². The second-order valence-electron chi connectivity index (χ2n) is 8.53. The number of aliphatic hydroxyl groups excluding tert-OH is 1. The van der Waals surface area contributed by atoms with Gasteiger partial charge < -0.3 is 10.4 Å². The van der Waals surface area contributed by atoms with Gasteiger partial charge in [-0.2, -0.15) is 0 Å². The Labute approximate surface area is 184 Å². The lowest BCUT2D eigenvalue weighted by Crippen LogP contribution is -2.54. The molecule has 160 valence electrons. The van der Waals surface area contributed by atoms with E-state index in [4.69, 9.17) is 11.6 Å². The Bertz CT molecular complexity index is 1130. The van der Waals surface area contributed by atoms with Gasteiger partial charge in [-0.05, 0) is 31.0 Å². The highest BCUT2D eigenvalue weighted by atomic mass is 35.5. The predicted molar refractivity (Wildman–Crippen MR) is 114 cm³/mol. The summed E-state index contributed by atoms with van der Waals surface area (Å²) in [5, 5.41) is 17.0. The Kier molecular flexibility index (Phi) is 4.48. The quantitative estimate of drug-likeness (QED) is 0.635. The SMILES string of the molecule is Cc1cccc2c1NC(=O)C21NC(C(C)O)[C@H]2C(=O)N(Cc3ccccc3Cl)C(=O)[C@H]21. The molecule has 1 spiro atoms. The lowest BCUT2D eigenvalue weighted by Gasteiger charge is -2.30. The van der Waals surface area contributed by atoms with E-state index in [1.165, 1.54) is 4.90 Å². The van der Waals surface area contributed by atoms with Crippen molar-refractivity contribution in [2.45, 2.75) is 38.1 Å². The number of likely N-dealkylation sites (tertiary alicyclic amines) is 1. The molecule has 3 N–H and O–H groups in total. The topological polar surface area (TPSA) is 98.7 Å². The molecule has 5 atom stereocenters. The van der Waals surface area contributed by atoms with Crippen LogP contribution in [-0.4, -0.2) is 39.9 Å². The number of rotatable bonds is 3. The van der Waals surface area contributed by atoms with Gasteiger partial charge in [-0.3, -0.25) is 24.6 Å². The van der Waals surface area contributed by atoms with Crippen LogP contribution in [0.15, 0.2) is 42.5 Å². The first-order valence-electron chi connectivity index (χ1n) is 10.2. The van der Waals surface area contributed by atoms with Gasteiger partial charge in [0.05, 0.1) is 24.5 Å². The van der Waals surface area contributed by atoms with E-state index >= 15 is 0 Å². The van der Waals surface area contributed by atoms with E-state index in [-0.39, 0.29) is 12.5 Å². The van der Waals surface area contributed by atoms with E-state index in [9.17, 15) is 19.5 Å². The van der Waals surface area contributed by atoms with Crippen LogP contribution in [0.1, 0.15) is 23.6 Å². The number of carbonyl (C=O) groups excluding carboxylic acids is 3. The van der Waals surface area contributed by atoms with Gasteiger partial charge in [-0.15, -0.1) is 0 Å². The third kappa shape index (κ3) is 2.63. The standard InChI is InChI=1S/C23H22ClN3O4/c1-11-6-5-8-14-18(11)25-22(31)23(14)17-16(19(26-23)12(2)28)20(29)27(21(17)30)10-13-7-3-4-9-15(13)24/h3-9,12,16-17,19,26,28H,10H2,1-2H3,(H,25,31)/t12?,16-,17-,19?,23?/m0/s1. The maximum Gasteiger partial charge on any atom is 0.250 e. The molecule has 3 aliphatic heterocycles. The van der Waals surface area contributed by atoms with Gasteiger partial charge in [0.15, 0.2) is 0 Å². The van der Waals surface area contributed by atoms with Crippen molar-refractivity contribution in [1.29, 1.82) is 0 Å². The molecule has 2 aromatic rings. The van der Waals surface area contributed by atoms with Crippen LogP contribution in [0.4, 0.5) is 5.69 Å². The first-order valence-corrected chi connectivity index (χ1v) is 10.6. The fraction of sp³-hybridized carbons (Fsp3) is 0.348. The van der Waals surface area contributed by atoms with Crippen LogP contribution >= 0.6 is 11.6 Å². The summed E-state index contributed by atoms with van der Waals surface area (Å²) in [4.78, 5) is 41.6. The molecule has 0 radical (unpaired) electrons. The molecule has 3 amide bonds. The van der Waals surface area contributed by atoms with Gasteiger partial charge in [0, 0.05) is 22.3 Å². The van der Waals surface area contributed by atoms with Crippen LogP contribution in [0.2, 0.25) is 5.02 Å². The Balaban J connectivity index is 1.63. The van der Waals surface area contributed by atoms with E-state index in [0.717, 1.165) is 5.56 Å². The number of hydrogen-bond donors (Lipinski definition) is 3. The molecule has 5 rings (SSSR count). The summed E-state index contributed by atoms with van der Waals surface area (Å²) < 4.78 is 0. The fourth-order valence-electron chi connectivity index (χ4n) is 5.33. The summed E-state index contributed by atoms with van der Waals surface area (Å²) in [6.45, 7) is 3.46. The van der Waals surface area contributed by atoms with Crippen molar-refractivity contribution in [3.05, 3.63) is 64.2 Å². The minimum Gasteiger partial charge on any atom is -0.392 e. The number of nitrogens with one attached hydrogen (secondary N) is 2. The fourth-order valence-corrected chi connectivity index (χ4v) is 5.53. The summed E-state index contributed by atoms with van der Waals surface area (Å²) in [7, 11) is 0. The molecule has 8 heteroatoms. The minimum absolute atomic E-state index is 0.0231. The normalized spacial score (nSPS) is 30.0. The molecule has 0 aliphatic carbocycles.